The molecule has 0 saturated carbocycles. The monoisotopic (exact) mass is 272 g/mol. The van der Waals surface area contributed by atoms with Crippen molar-refractivity contribution in [3.63, 3.8) is 0 Å². The highest BCUT2D eigenvalue weighted by atomic mass is 32.2. The second-order valence-electron chi connectivity index (χ2n) is 5.07. The Morgan fingerprint density at radius 1 is 1.50 bits per heavy atom. The number of rotatable bonds is 6. The summed E-state index contributed by atoms with van der Waals surface area (Å²) in [6.45, 7) is 0. The summed E-state index contributed by atoms with van der Waals surface area (Å²) in [6.07, 6.45) is 5.44. The van der Waals surface area contributed by atoms with Crippen LogP contribution in [0.3, 0.4) is 0 Å². The number of hydrogen-bond acceptors (Lipinski definition) is 4. The molecular formula is C12H20N2O3S. The minimum absolute atomic E-state index is 0.0418. The van der Waals surface area contributed by atoms with Gasteiger partial charge in [0.1, 0.15) is 6.04 Å². The molecule has 0 aromatic carbocycles. The number of carboxylic acid groups (broad SMARTS) is 1. The Bertz CT molecular complexity index is 337. The molecule has 2 bridgehead atoms. The van der Waals surface area contributed by atoms with E-state index in [1.54, 1.807) is 11.8 Å². The fourth-order valence-corrected chi connectivity index (χ4v) is 3.36. The number of nitrogens with one attached hydrogen (secondary N) is 2. The van der Waals surface area contributed by atoms with E-state index in [0.29, 0.717) is 12.5 Å². The van der Waals surface area contributed by atoms with Crippen molar-refractivity contribution in [1.82, 2.24) is 10.6 Å². The van der Waals surface area contributed by atoms with E-state index >= 15 is 0 Å². The first-order chi connectivity index (χ1) is 8.61. The molecule has 102 valence electrons. The maximum Gasteiger partial charge on any atom is 0.326 e. The van der Waals surface area contributed by atoms with Gasteiger partial charge in [-0.25, -0.2) is 4.79 Å². The van der Waals surface area contributed by atoms with Crippen LogP contribution >= 0.6 is 11.8 Å². The van der Waals surface area contributed by atoms with Gasteiger partial charge in [0.25, 0.3) is 0 Å². The van der Waals surface area contributed by atoms with Crippen LogP contribution in [0.2, 0.25) is 0 Å². The molecular weight excluding hydrogens is 252 g/mol. The third-order valence-corrected chi connectivity index (χ3v) is 4.51. The minimum Gasteiger partial charge on any atom is -0.480 e. The third-order valence-electron chi connectivity index (χ3n) is 3.86. The van der Waals surface area contributed by atoms with Crippen molar-refractivity contribution in [1.29, 1.82) is 0 Å². The van der Waals surface area contributed by atoms with Gasteiger partial charge in [0, 0.05) is 12.1 Å². The molecule has 0 aliphatic carbocycles. The van der Waals surface area contributed by atoms with Gasteiger partial charge in [0.2, 0.25) is 5.91 Å². The quantitative estimate of drug-likeness (QED) is 0.654. The largest absolute Gasteiger partial charge is 0.480 e. The molecule has 2 saturated heterocycles. The molecule has 2 aliphatic heterocycles. The summed E-state index contributed by atoms with van der Waals surface area (Å²) < 4.78 is 0. The molecule has 6 heteroatoms. The SMILES string of the molecule is CSCC[C@@H](NC(=O)C1CC2CCC1N2)C(=O)O. The molecule has 3 unspecified atom stereocenters. The Balaban J connectivity index is 1.86. The van der Waals surface area contributed by atoms with Crippen molar-refractivity contribution in [3.8, 4) is 0 Å². The van der Waals surface area contributed by atoms with Gasteiger partial charge in [-0.05, 0) is 37.7 Å². The maximum atomic E-state index is 12.1. The van der Waals surface area contributed by atoms with E-state index in [0.717, 1.165) is 25.0 Å². The second-order valence-corrected chi connectivity index (χ2v) is 6.06. The highest BCUT2D eigenvalue weighted by Gasteiger charge is 2.43. The first-order valence-electron chi connectivity index (χ1n) is 6.40. The van der Waals surface area contributed by atoms with Crippen molar-refractivity contribution in [2.45, 2.75) is 43.8 Å². The van der Waals surface area contributed by atoms with Crippen LogP contribution in [0.15, 0.2) is 0 Å². The van der Waals surface area contributed by atoms with Gasteiger partial charge in [-0.1, -0.05) is 0 Å². The number of carbonyl (C=O) groups is 2. The Kier molecular flexibility index (Phi) is 4.50. The summed E-state index contributed by atoms with van der Waals surface area (Å²) in [5, 5.41) is 15.2. The fourth-order valence-electron chi connectivity index (χ4n) is 2.89. The molecule has 2 aliphatic rings. The van der Waals surface area contributed by atoms with E-state index in [9.17, 15) is 9.59 Å². The molecule has 5 nitrogen and oxygen atoms in total. The Labute approximate surface area is 111 Å². The Hall–Kier alpha value is -0.750. The van der Waals surface area contributed by atoms with Crippen LogP contribution in [0, 0.1) is 5.92 Å². The Morgan fingerprint density at radius 3 is 2.78 bits per heavy atom. The van der Waals surface area contributed by atoms with Gasteiger partial charge in [0.15, 0.2) is 0 Å². The van der Waals surface area contributed by atoms with Crippen LogP contribution in [0.25, 0.3) is 0 Å². The first-order valence-corrected chi connectivity index (χ1v) is 7.79. The van der Waals surface area contributed by atoms with Crippen molar-refractivity contribution >= 4 is 23.6 Å². The van der Waals surface area contributed by atoms with Crippen molar-refractivity contribution in [2.75, 3.05) is 12.0 Å². The average Bonchev–Trinajstić information content (AvgIpc) is 2.95. The normalized spacial score (nSPS) is 31.3. The zero-order valence-electron chi connectivity index (χ0n) is 10.5. The van der Waals surface area contributed by atoms with Crippen molar-refractivity contribution in [3.05, 3.63) is 0 Å². The minimum atomic E-state index is -0.937. The van der Waals surface area contributed by atoms with Crippen LogP contribution < -0.4 is 10.6 Å². The molecule has 2 fully saturated rings. The Morgan fingerprint density at radius 2 is 2.28 bits per heavy atom. The van der Waals surface area contributed by atoms with Gasteiger partial charge in [-0.3, -0.25) is 4.79 Å². The highest BCUT2D eigenvalue weighted by Crippen LogP contribution is 2.33. The highest BCUT2D eigenvalue weighted by molar-refractivity contribution is 7.98. The van der Waals surface area contributed by atoms with Crippen LogP contribution in [-0.4, -0.2) is 47.1 Å². The lowest BCUT2D eigenvalue weighted by Crippen LogP contribution is -2.46. The summed E-state index contributed by atoms with van der Waals surface area (Å²) in [4.78, 5) is 23.2. The van der Waals surface area contributed by atoms with Gasteiger partial charge in [-0.2, -0.15) is 11.8 Å². The van der Waals surface area contributed by atoms with Gasteiger partial charge < -0.3 is 15.7 Å². The van der Waals surface area contributed by atoms with E-state index in [1.807, 2.05) is 6.26 Å². The second kappa shape index (κ2) is 5.93. The number of aliphatic carboxylic acids is 1. The lowest BCUT2D eigenvalue weighted by Gasteiger charge is -2.22. The standard InChI is InChI=1S/C12H20N2O3S/c1-18-5-4-10(12(16)17)14-11(15)8-6-7-2-3-9(8)13-7/h7-10,13H,2-6H2,1H3,(H,14,15)(H,16,17)/t7?,8?,9?,10-/m1/s1. The van der Waals surface area contributed by atoms with Crippen molar-refractivity contribution < 1.29 is 14.7 Å². The van der Waals surface area contributed by atoms with Gasteiger partial charge in [0.05, 0.1) is 5.92 Å². The van der Waals surface area contributed by atoms with E-state index in [4.69, 9.17) is 5.11 Å². The summed E-state index contributed by atoms with van der Waals surface area (Å²) in [5.41, 5.74) is 0. The molecule has 18 heavy (non-hydrogen) atoms. The van der Waals surface area contributed by atoms with Crippen LogP contribution in [0.5, 0.6) is 0 Å². The molecule has 0 radical (unpaired) electrons. The summed E-state index contributed by atoms with van der Waals surface area (Å²) in [6, 6.07) is -0.0331. The predicted molar refractivity (Wildman–Crippen MR) is 70.6 cm³/mol. The number of carbonyl (C=O) groups excluding carboxylic acids is 1. The number of thioether (sulfide) groups is 1. The summed E-state index contributed by atoms with van der Waals surface area (Å²) in [5.74, 6) is -0.330. The van der Waals surface area contributed by atoms with E-state index in [1.165, 1.54) is 0 Å². The third kappa shape index (κ3) is 2.98. The molecule has 2 heterocycles. The predicted octanol–water partition coefficient (Wildman–Crippen LogP) is 0.449. The van der Waals surface area contributed by atoms with Crippen LogP contribution in [-0.2, 0) is 9.59 Å². The summed E-state index contributed by atoms with van der Waals surface area (Å²) >= 11 is 1.59. The van der Waals surface area contributed by atoms with Crippen LogP contribution in [0.1, 0.15) is 25.7 Å². The molecule has 2 rings (SSSR count). The van der Waals surface area contributed by atoms with Crippen LogP contribution in [0.4, 0.5) is 0 Å². The smallest absolute Gasteiger partial charge is 0.326 e. The average molecular weight is 272 g/mol. The number of amides is 1. The number of hydrogen-bond donors (Lipinski definition) is 3. The van der Waals surface area contributed by atoms with Crippen molar-refractivity contribution in [2.24, 2.45) is 5.92 Å². The van der Waals surface area contributed by atoms with E-state index in [2.05, 4.69) is 10.6 Å². The zero-order valence-corrected chi connectivity index (χ0v) is 11.3. The summed E-state index contributed by atoms with van der Waals surface area (Å²) in [7, 11) is 0. The molecule has 0 spiro atoms. The number of fused-ring (bicyclic) bond motifs is 2. The zero-order chi connectivity index (χ0) is 13.1. The lowest BCUT2D eigenvalue weighted by molar-refractivity contribution is -0.142. The number of carboxylic acids is 1. The molecule has 1 amide bonds. The molecule has 0 aromatic heterocycles. The van der Waals surface area contributed by atoms with Gasteiger partial charge >= 0.3 is 5.97 Å². The lowest BCUT2D eigenvalue weighted by atomic mass is 9.88. The van der Waals surface area contributed by atoms with E-state index in [-0.39, 0.29) is 17.9 Å². The first kappa shape index (κ1) is 13.7. The maximum absolute atomic E-state index is 12.1. The fraction of sp³-hybridized carbons (Fsp3) is 0.833. The molecule has 3 N–H and O–H groups in total. The molecule has 0 aromatic rings. The van der Waals surface area contributed by atoms with E-state index < -0.39 is 12.0 Å². The molecule has 4 atom stereocenters. The topological polar surface area (TPSA) is 78.4 Å². The van der Waals surface area contributed by atoms with Gasteiger partial charge in [-0.15, -0.1) is 0 Å².